The van der Waals surface area contributed by atoms with Gasteiger partial charge in [-0.2, -0.15) is 0 Å². The molecule has 1 heterocycles. The third-order valence-electron chi connectivity index (χ3n) is 3.06. The van der Waals surface area contributed by atoms with Gasteiger partial charge < -0.3 is 15.2 Å². The number of hydrogen-bond donors (Lipinski definition) is 2. The normalized spacial score (nSPS) is 17.3. The van der Waals surface area contributed by atoms with E-state index in [0.29, 0.717) is 19.8 Å². The fraction of sp³-hybridized carbons (Fsp3) is 0.462. The van der Waals surface area contributed by atoms with Crippen LogP contribution in [0.1, 0.15) is 11.1 Å². The highest BCUT2D eigenvalue weighted by Crippen LogP contribution is 2.28. The summed E-state index contributed by atoms with van der Waals surface area (Å²) in [7, 11) is 0. The Kier molecular flexibility index (Phi) is 3.07. The Morgan fingerprint density at radius 3 is 2.35 bits per heavy atom. The molecule has 0 bridgehead atoms. The first-order valence-corrected chi connectivity index (χ1v) is 5.65. The largest absolute Gasteiger partial charge is 0.481 e. The third kappa shape index (κ3) is 2.42. The van der Waals surface area contributed by atoms with Crippen LogP contribution in [0.2, 0.25) is 0 Å². The van der Waals surface area contributed by atoms with Gasteiger partial charge in [0.25, 0.3) is 0 Å². The first-order chi connectivity index (χ1) is 8.02. The van der Waals surface area contributed by atoms with Gasteiger partial charge >= 0.3 is 5.97 Å². The monoisotopic (exact) mass is 235 g/mol. The molecule has 0 saturated carbocycles. The average Bonchev–Trinajstić information content (AvgIpc) is 2.13. The van der Waals surface area contributed by atoms with Gasteiger partial charge in [-0.15, -0.1) is 0 Å². The van der Waals surface area contributed by atoms with Crippen molar-refractivity contribution in [3.8, 4) is 0 Å². The molecule has 0 aromatic heterocycles. The number of carboxylic acid groups (broad SMARTS) is 1. The molecule has 0 spiro atoms. The van der Waals surface area contributed by atoms with Crippen molar-refractivity contribution in [3.63, 3.8) is 0 Å². The van der Waals surface area contributed by atoms with Crippen LogP contribution in [0.15, 0.2) is 18.2 Å². The SMILES string of the molecule is Cc1cc(C)cc(NCC2(C(=O)O)COC2)c1. The topological polar surface area (TPSA) is 58.6 Å². The van der Waals surface area contributed by atoms with Crippen molar-refractivity contribution in [2.75, 3.05) is 25.1 Å². The summed E-state index contributed by atoms with van der Waals surface area (Å²) in [6.07, 6.45) is 0. The maximum absolute atomic E-state index is 11.1. The Balaban J connectivity index is 2.04. The van der Waals surface area contributed by atoms with E-state index in [4.69, 9.17) is 9.84 Å². The van der Waals surface area contributed by atoms with Gasteiger partial charge in [-0.1, -0.05) is 6.07 Å². The van der Waals surface area contributed by atoms with Gasteiger partial charge in [0.05, 0.1) is 13.2 Å². The molecule has 0 aliphatic carbocycles. The van der Waals surface area contributed by atoms with Gasteiger partial charge in [0.2, 0.25) is 0 Å². The molecule has 0 amide bonds. The number of ether oxygens (including phenoxy) is 1. The van der Waals surface area contributed by atoms with E-state index in [1.165, 1.54) is 11.1 Å². The molecule has 17 heavy (non-hydrogen) atoms. The van der Waals surface area contributed by atoms with Crippen molar-refractivity contribution in [2.45, 2.75) is 13.8 Å². The molecule has 1 aromatic rings. The molecule has 1 aliphatic rings. The minimum Gasteiger partial charge on any atom is -0.481 e. The summed E-state index contributed by atoms with van der Waals surface area (Å²) in [5.74, 6) is -0.791. The van der Waals surface area contributed by atoms with E-state index < -0.39 is 11.4 Å². The zero-order chi connectivity index (χ0) is 12.5. The second-order valence-electron chi connectivity index (χ2n) is 4.81. The van der Waals surface area contributed by atoms with E-state index in [2.05, 4.69) is 11.4 Å². The molecule has 1 aromatic carbocycles. The Morgan fingerprint density at radius 1 is 1.35 bits per heavy atom. The highest BCUT2D eigenvalue weighted by molar-refractivity contribution is 5.77. The molecule has 0 atom stereocenters. The Hall–Kier alpha value is -1.55. The first-order valence-electron chi connectivity index (χ1n) is 5.65. The molecule has 1 fully saturated rings. The van der Waals surface area contributed by atoms with Gasteiger partial charge in [-0.05, 0) is 37.1 Å². The van der Waals surface area contributed by atoms with Crippen LogP contribution < -0.4 is 5.32 Å². The molecule has 0 unspecified atom stereocenters. The fourth-order valence-corrected chi connectivity index (χ4v) is 2.00. The predicted octanol–water partition coefficient (Wildman–Crippen LogP) is 1.82. The lowest BCUT2D eigenvalue weighted by Crippen LogP contribution is -2.53. The minimum atomic E-state index is -0.791. The second kappa shape index (κ2) is 4.37. The Morgan fingerprint density at radius 2 is 1.94 bits per heavy atom. The molecular weight excluding hydrogens is 218 g/mol. The number of aliphatic carboxylic acids is 1. The molecule has 1 aliphatic heterocycles. The first kappa shape index (κ1) is 11.9. The lowest BCUT2D eigenvalue weighted by Gasteiger charge is -2.37. The number of anilines is 1. The standard InChI is InChI=1S/C13H17NO3/c1-9-3-10(2)5-11(4-9)14-6-13(12(15)16)7-17-8-13/h3-5,14H,6-8H2,1-2H3,(H,15,16). The van der Waals surface area contributed by atoms with Gasteiger partial charge in [0.15, 0.2) is 0 Å². The maximum Gasteiger partial charge on any atom is 0.316 e. The molecule has 92 valence electrons. The molecule has 4 nitrogen and oxygen atoms in total. The van der Waals surface area contributed by atoms with Crippen molar-refractivity contribution >= 4 is 11.7 Å². The number of carbonyl (C=O) groups is 1. The smallest absolute Gasteiger partial charge is 0.316 e. The zero-order valence-corrected chi connectivity index (χ0v) is 10.1. The highest BCUT2D eigenvalue weighted by atomic mass is 16.5. The van der Waals surface area contributed by atoms with E-state index >= 15 is 0 Å². The highest BCUT2D eigenvalue weighted by Gasteiger charge is 2.46. The number of rotatable bonds is 4. The van der Waals surface area contributed by atoms with Gasteiger partial charge in [0, 0.05) is 12.2 Å². The van der Waals surface area contributed by atoms with Crippen molar-refractivity contribution in [1.29, 1.82) is 0 Å². The maximum atomic E-state index is 11.1. The summed E-state index contributed by atoms with van der Waals surface area (Å²) in [6, 6.07) is 6.12. The number of nitrogens with one attached hydrogen (secondary N) is 1. The molecule has 0 radical (unpaired) electrons. The molecule has 2 rings (SSSR count). The summed E-state index contributed by atoms with van der Waals surface area (Å²) >= 11 is 0. The van der Waals surface area contributed by atoms with Crippen LogP contribution in [0.3, 0.4) is 0 Å². The van der Waals surface area contributed by atoms with Crippen LogP contribution in [0.5, 0.6) is 0 Å². The fourth-order valence-electron chi connectivity index (χ4n) is 2.00. The Bertz CT molecular complexity index is 418. The van der Waals surface area contributed by atoms with Crippen molar-refractivity contribution < 1.29 is 14.6 Å². The van der Waals surface area contributed by atoms with E-state index in [1.807, 2.05) is 26.0 Å². The van der Waals surface area contributed by atoms with Crippen LogP contribution in [0.4, 0.5) is 5.69 Å². The summed E-state index contributed by atoms with van der Waals surface area (Å²) in [5.41, 5.74) is 2.55. The zero-order valence-electron chi connectivity index (χ0n) is 10.1. The molecule has 1 saturated heterocycles. The lowest BCUT2D eigenvalue weighted by atomic mass is 9.86. The van der Waals surface area contributed by atoms with Gasteiger partial charge in [0.1, 0.15) is 5.41 Å². The van der Waals surface area contributed by atoms with E-state index in [0.717, 1.165) is 5.69 Å². The van der Waals surface area contributed by atoms with Gasteiger partial charge in [-0.3, -0.25) is 4.79 Å². The Labute approximate surface area is 101 Å². The average molecular weight is 235 g/mol. The number of hydrogen-bond acceptors (Lipinski definition) is 3. The van der Waals surface area contributed by atoms with Crippen LogP contribution in [0, 0.1) is 19.3 Å². The lowest BCUT2D eigenvalue weighted by molar-refractivity contribution is -0.176. The number of benzene rings is 1. The van der Waals surface area contributed by atoms with Crippen LogP contribution >= 0.6 is 0 Å². The number of aryl methyl sites for hydroxylation is 2. The van der Waals surface area contributed by atoms with Crippen LogP contribution in [-0.4, -0.2) is 30.8 Å². The summed E-state index contributed by atoms with van der Waals surface area (Å²) in [6.45, 7) is 5.04. The molecular formula is C13H17NO3. The van der Waals surface area contributed by atoms with Crippen molar-refractivity contribution in [3.05, 3.63) is 29.3 Å². The van der Waals surface area contributed by atoms with Gasteiger partial charge in [-0.25, -0.2) is 0 Å². The van der Waals surface area contributed by atoms with Crippen molar-refractivity contribution in [1.82, 2.24) is 0 Å². The van der Waals surface area contributed by atoms with E-state index in [1.54, 1.807) is 0 Å². The van der Waals surface area contributed by atoms with Crippen LogP contribution in [0.25, 0.3) is 0 Å². The molecule has 2 N–H and O–H groups in total. The molecule has 4 heteroatoms. The van der Waals surface area contributed by atoms with E-state index in [9.17, 15) is 4.79 Å². The quantitative estimate of drug-likeness (QED) is 0.835. The predicted molar refractivity (Wildman–Crippen MR) is 65.3 cm³/mol. The number of carboxylic acids is 1. The third-order valence-corrected chi connectivity index (χ3v) is 3.06. The summed E-state index contributed by atoms with van der Waals surface area (Å²) < 4.78 is 5.01. The van der Waals surface area contributed by atoms with Crippen LogP contribution in [-0.2, 0) is 9.53 Å². The van der Waals surface area contributed by atoms with Crippen molar-refractivity contribution in [2.24, 2.45) is 5.41 Å². The van der Waals surface area contributed by atoms with E-state index in [-0.39, 0.29) is 0 Å². The summed E-state index contributed by atoms with van der Waals surface area (Å²) in [5, 5.41) is 12.3. The summed E-state index contributed by atoms with van der Waals surface area (Å²) in [4.78, 5) is 11.1. The minimum absolute atomic E-state index is 0.292. The second-order valence-corrected chi connectivity index (χ2v) is 4.81.